The van der Waals surface area contributed by atoms with Crippen molar-refractivity contribution in [3.8, 4) is 22.8 Å². The fourth-order valence-electron chi connectivity index (χ4n) is 3.49. The average molecular weight is 372 g/mol. The molecular formula is C22H20N4O2. The molecule has 1 saturated heterocycles. The summed E-state index contributed by atoms with van der Waals surface area (Å²) in [4.78, 5) is 11.6. The number of imidazole rings is 1. The van der Waals surface area contributed by atoms with E-state index in [9.17, 15) is 0 Å². The van der Waals surface area contributed by atoms with Crippen LogP contribution in [0.1, 0.15) is 0 Å². The molecule has 0 amide bonds. The zero-order valence-electron chi connectivity index (χ0n) is 15.4. The normalized spacial score (nSPS) is 14.4. The smallest absolute Gasteiger partial charge is 0.180 e. The van der Waals surface area contributed by atoms with Crippen LogP contribution in [0, 0.1) is 0 Å². The molecule has 2 aromatic carbocycles. The summed E-state index contributed by atoms with van der Waals surface area (Å²) in [7, 11) is 0. The van der Waals surface area contributed by atoms with E-state index < -0.39 is 0 Å². The number of morpholine rings is 1. The van der Waals surface area contributed by atoms with Gasteiger partial charge >= 0.3 is 0 Å². The van der Waals surface area contributed by atoms with Gasteiger partial charge in [-0.2, -0.15) is 0 Å². The third kappa shape index (κ3) is 3.08. The molecule has 4 aromatic rings. The van der Waals surface area contributed by atoms with E-state index in [0.717, 1.165) is 47.3 Å². The minimum atomic E-state index is 0.712. The van der Waals surface area contributed by atoms with E-state index in [0.29, 0.717) is 13.2 Å². The molecule has 0 N–H and O–H groups in total. The SMILES string of the molecule is c1ccc(Oc2ccccc2-c2cnc(N3CCOCC3)c3nccn23)cc1. The van der Waals surface area contributed by atoms with E-state index in [1.54, 1.807) is 0 Å². The second kappa shape index (κ2) is 7.32. The Kier molecular flexibility index (Phi) is 4.39. The number of fused-ring (bicyclic) bond motifs is 1. The largest absolute Gasteiger partial charge is 0.457 e. The van der Waals surface area contributed by atoms with Gasteiger partial charge in [-0.15, -0.1) is 0 Å². The quantitative estimate of drug-likeness (QED) is 0.541. The van der Waals surface area contributed by atoms with E-state index in [2.05, 4.69) is 14.3 Å². The molecule has 3 heterocycles. The predicted molar refractivity (Wildman–Crippen MR) is 108 cm³/mol. The van der Waals surface area contributed by atoms with Gasteiger partial charge in [0.25, 0.3) is 0 Å². The summed E-state index contributed by atoms with van der Waals surface area (Å²) in [6.07, 6.45) is 5.67. The van der Waals surface area contributed by atoms with Crippen LogP contribution < -0.4 is 9.64 Å². The summed E-state index contributed by atoms with van der Waals surface area (Å²) in [6.45, 7) is 3.07. The van der Waals surface area contributed by atoms with Crippen LogP contribution >= 0.6 is 0 Å². The molecule has 0 saturated carbocycles. The molecule has 2 aromatic heterocycles. The lowest BCUT2D eigenvalue weighted by molar-refractivity contribution is 0.122. The Hall–Kier alpha value is -3.38. The zero-order chi connectivity index (χ0) is 18.8. The second-order valence-electron chi connectivity index (χ2n) is 6.60. The van der Waals surface area contributed by atoms with Gasteiger partial charge in [-0.3, -0.25) is 4.40 Å². The Bertz CT molecular complexity index is 1090. The second-order valence-corrected chi connectivity index (χ2v) is 6.60. The lowest BCUT2D eigenvalue weighted by Gasteiger charge is -2.28. The first-order valence-corrected chi connectivity index (χ1v) is 9.37. The molecule has 6 nitrogen and oxygen atoms in total. The highest BCUT2D eigenvalue weighted by Gasteiger charge is 2.19. The molecule has 0 bridgehead atoms. The molecule has 0 atom stereocenters. The van der Waals surface area contributed by atoms with Crippen LogP contribution in [0.4, 0.5) is 5.82 Å². The van der Waals surface area contributed by atoms with Gasteiger partial charge in [-0.1, -0.05) is 30.3 Å². The maximum absolute atomic E-state index is 6.15. The van der Waals surface area contributed by atoms with Gasteiger partial charge in [0, 0.05) is 31.0 Å². The first-order valence-electron chi connectivity index (χ1n) is 9.37. The summed E-state index contributed by atoms with van der Waals surface area (Å²) in [5.41, 5.74) is 2.75. The van der Waals surface area contributed by atoms with Gasteiger partial charge in [0.1, 0.15) is 11.5 Å². The Labute approximate surface area is 163 Å². The number of nitrogens with zero attached hydrogens (tertiary/aromatic N) is 4. The molecule has 0 unspecified atom stereocenters. The molecule has 0 radical (unpaired) electrons. The van der Waals surface area contributed by atoms with Crippen molar-refractivity contribution in [2.24, 2.45) is 0 Å². The topological polar surface area (TPSA) is 51.9 Å². The zero-order valence-corrected chi connectivity index (χ0v) is 15.4. The molecule has 1 aliphatic rings. The molecule has 28 heavy (non-hydrogen) atoms. The van der Waals surface area contributed by atoms with Crippen molar-refractivity contribution in [3.05, 3.63) is 73.2 Å². The van der Waals surface area contributed by atoms with Crippen molar-refractivity contribution in [2.75, 3.05) is 31.2 Å². The lowest BCUT2D eigenvalue weighted by Crippen LogP contribution is -2.37. The number of rotatable bonds is 4. The van der Waals surface area contributed by atoms with Crippen LogP contribution in [-0.4, -0.2) is 40.7 Å². The number of para-hydroxylation sites is 2. The number of anilines is 1. The van der Waals surface area contributed by atoms with Gasteiger partial charge in [0.05, 0.1) is 25.1 Å². The fourth-order valence-corrected chi connectivity index (χ4v) is 3.49. The van der Waals surface area contributed by atoms with E-state index in [1.807, 2.05) is 73.2 Å². The Morgan fingerprint density at radius 3 is 2.54 bits per heavy atom. The lowest BCUT2D eigenvalue weighted by atomic mass is 10.1. The van der Waals surface area contributed by atoms with E-state index in [1.165, 1.54) is 0 Å². The third-order valence-electron chi connectivity index (χ3n) is 4.85. The molecule has 6 heteroatoms. The van der Waals surface area contributed by atoms with Crippen LogP contribution in [0.3, 0.4) is 0 Å². The number of aromatic nitrogens is 3. The highest BCUT2D eigenvalue weighted by molar-refractivity contribution is 5.74. The van der Waals surface area contributed by atoms with Crippen LogP contribution in [-0.2, 0) is 4.74 Å². The first-order chi connectivity index (χ1) is 13.9. The highest BCUT2D eigenvalue weighted by Crippen LogP contribution is 2.34. The van der Waals surface area contributed by atoms with Crippen molar-refractivity contribution in [2.45, 2.75) is 0 Å². The van der Waals surface area contributed by atoms with Gasteiger partial charge in [0.15, 0.2) is 11.5 Å². The molecule has 1 fully saturated rings. The van der Waals surface area contributed by atoms with Crippen LogP contribution in [0.5, 0.6) is 11.5 Å². The standard InChI is InChI=1S/C22H20N4O2/c1-2-6-17(7-3-1)28-20-9-5-4-8-18(20)19-16-24-21(22-23-10-11-26(19)22)25-12-14-27-15-13-25/h1-11,16H,12-15H2. The fraction of sp³-hybridized carbons (Fsp3) is 0.182. The summed E-state index contributed by atoms with van der Waals surface area (Å²) in [6, 6.07) is 17.8. The van der Waals surface area contributed by atoms with E-state index >= 15 is 0 Å². The summed E-state index contributed by atoms with van der Waals surface area (Å²) < 4.78 is 13.7. The van der Waals surface area contributed by atoms with E-state index in [-0.39, 0.29) is 0 Å². The van der Waals surface area contributed by atoms with Crippen LogP contribution in [0.25, 0.3) is 16.9 Å². The molecule has 1 aliphatic heterocycles. The predicted octanol–water partition coefficient (Wildman–Crippen LogP) is 4.03. The molecule has 140 valence electrons. The summed E-state index contributed by atoms with van der Waals surface area (Å²) in [5, 5.41) is 0. The third-order valence-corrected chi connectivity index (χ3v) is 4.85. The Balaban J connectivity index is 1.58. The summed E-state index contributed by atoms with van der Waals surface area (Å²) >= 11 is 0. The van der Waals surface area contributed by atoms with Crippen molar-refractivity contribution in [1.82, 2.24) is 14.4 Å². The van der Waals surface area contributed by atoms with Crippen LogP contribution in [0.2, 0.25) is 0 Å². The van der Waals surface area contributed by atoms with E-state index in [4.69, 9.17) is 14.5 Å². The minimum absolute atomic E-state index is 0.712. The number of hydrogen-bond acceptors (Lipinski definition) is 5. The maximum atomic E-state index is 6.15. The molecule has 0 spiro atoms. The van der Waals surface area contributed by atoms with Gasteiger partial charge < -0.3 is 14.4 Å². The van der Waals surface area contributed by atoms with Crippen molar-refractivity contribution in [3.63, 3.8) is 0 Å². The Morgan fingerprint density at radius 2 is 1.68 bits per heavy atom. The molecular weight excluding hydrogens is 352 g/mol. The number of benzene rings is 2. The van der Waals surface area contributed by atoms with Gasteiger partial charge in [0.2, 0.25) is 0 Å². The molecule has 5 rings (SSSR count). The number of ether oxygens (including phenoxy) is 2. The van der Waals surface area contributed by atoms with Crippen molar-refractivity contribution < 1.29 is 9.47 Å². The summed E-state index contributed by atoms with van der Waals surface area (Å²) in [5.74, 6) is 2.47. The van der Waals surface area contributed by atoms with Crippen molar-refractivity contribution >= 4 is 11.5 Å². The Morgan fingerprint density at radius 1 is 0.893 bits per heavy atom. The highest BCUT2D eigenvalue weighted by atomic mass is 16.5. The maximum Gasteiger partial charge on any atom is 0.180 e. The minimum Gasteiger partial charge on any atom is -0.457 e. The average Bonchev–Trinajstić information content (AvgIpc) is 3.25. The van der Waals surface area contributed by atoms with Gasteiger partial charge in [-0.05, 0) is 24.3 Å². The van der Waals surface area contributed by atoms with Gasteiger partial charge in [-0.25, -0.2) is 9.97 Å². The number of hydrogen-bond donors (Lipinski definition) is 0. The van der Waals surface area contributed by atoms with Crippen molar-refractivity contribution in [1.29, 1.82) is 0 Å². The first kappa shape index (κ1) is 16.8. The van der Waals surface area contributed by atoms with Crippen LogP contribution in [0.15, 0.2) is 73.2 Å². The molecule has 0 aliphatic carbocycles. The monoisotopic (exact) mass is 372 g/mol.